The summed E-state index contributed by atoms with van der Waals surface area (Å²) in [5.41, 5.74) is 0. The van der Waals surface area contributed by atoms with Crippen molar-refractivity contribution in [3.8, 4) is 0 Å². The smallest absolute Gasteiger partial charge is 0.251 e. The van der Waals surface area contributed by atoms with Gasteiger partial charge in [-0.3, -0.25) is 9.59 Å². The molecule has 0 aliphatic carbocycles. The van der Waals surface area contributed by atoms with Crippen molar-refractivity contribution in [3.05, 3.63) is 0 Å². The van der Waals surface area contributed by atoms with Gasteiger partial charge in [0.15, 0.2) is 5.96 Å². The fourth-order valence-electron chi connectivity index (χ4n) is 2.89. The van der Waals surface area contributed by atoms with Gasteiger partial charge in [-0.15, -0.1) is 24.0 Å². The standard InChI is InChI=1S/C17H31N5O3.HI/c1-13(2)19-17(18-12-15(23)20(3)4)22-9-7-21(8-10-22)16(24)14-6-5-11-25-14;/h13-14H,5-12H2,1-4H3,(H,18,19);1H. The number of guanidine groups is 1. The highest BCUT2D eigenvalue weighted by molar-refractivity contribution is 14.0. The molecule has 2 saturated heterocycles. The predicted molar refractivity (Wildman–Crippen MR) is 112 cm³/mol. The molecule has 26 heavy (non-hydrogen) atoms. The summed E-state index contributed by atoms with van der Waals surface area (Å²) in [7, 11) is 3.45. The molecule has 150 valence electrons. The van der Waals surface area contributed by atoms with Crippen molar-refractivity contribution >= 4 is 41.8 Å². The molecule has 2 fully saturated rings. The van der Waals surface area contributed by atoms with Crippen molar-refractivity contribution in [1.82, 2.24) is 20.0 Å². The average Bonchev–Trinajstić information content (AvgIpc) is 3.12. The van der Waals surface area contributed by atoms with Crippen LogP contribution in [0.3, 0.4) is 0 Å². The average molecular weight is 481 g/mol. The van der Waals surface area contributed by atoms with E-state index in [1.807, 2.05) is 18.7 Å². The maximum Gasteiger partial charge on any atom is 0.251 e. The van der Waals surface area contributed by atoms with Gasteiger partial charge in [-0.1, -0.05) is 0 Å². The summed E-state index contributed by atoms with van der Waals surface area (Å²) in [6, 6.07) is 0.222. The molecule has 1 N–H and O–H groups in total. The van der Waals surface area contributed by atoms with E-state index in [1.54, 1.807) is 14.1 Å². The van der Waals surface area contributed by atoms with Gasteiger partial charge in [0.1, 0.15) is 12.6 Å². The van der Waals surface area contributed by atoms with Crippen molar-refractivity contribution in [3.63, 3.8) is 0 Å². The number of nitrogens with zero attached hydrogens (tertiary/aromatic N) is 4. The highest BCUT2D eigenvalue weighted by Gasteiger charge is 2.31. The third kappa shape index (κ3) is 6.57. The quantitative estimate of drug-likeness (QED) is 0.357. The topological polar surface area (TPSA) is 77.5 Å². The summed E-state index contributed by atoms with van der Waals surface area (Å²) in [4.78, 5) is 34.2. The predicted octanol–water partition coefficient (Wildman–Crippen LogP) is 0.370. The van der Waals surface area contributed by atoms with Crippen LogP contribution in [0.1, 0.15) is 26.7 Å². The Morgan fingerprint density at radius 1 is 1.19 bits per heavy atom. The second-order valence-corrected chi connectivity index (χ2v) is 7.04. The number of nitrogens with one attached hydrogen (secondary N) is 1. The van der Waals surface area contributed by atoms with Gasteiger partial charge in [-0.2, -0.15) is 0 Å². The number of halogens is 1. The van der Waals surface area contributed by atoms with Crippen LogP contribution in [0.4, 0.5) is 0 Å². The van der Waals surface area contributed by atoms with Crippen LogP contribution in [-0.2, 0) is 14.3 Å². The number of amides is 2. The molecule has 2 rings (SSSR count). The lowest BCUT2D eigenvalue weighted by molar-refractivity contribution is -0.142. The van der Waals surface area contributed by atoms with E-state index in [1.165, 1.54) is 4.90 Å². The summed E-state index contributed by atoms with van der Waals surface area (Å²) < 4.78 is 5.50. The molecule has 0 spiro atoms. The Balaban J connectivity index is 0.00000338. The molecule has 2 aliphatic rings. The number of aliphatic imine (C=N–C) groups is 1. The summed E-state index contributed by atoms with van der Waals surface area (Å²) >= 11 is 0. The Hall–Kier alpha value is -1.10. The van der Waals surface area contributed by atoms with Crippen molar-refractivity contribution in [2.45, 2.75) is 38.8 Å². The number of piperazine rings is 1. The fourth-order valence-corrected chi connectivity index (χ4v) is 2.89. The lowest BCUT2D eigenvalue weighted by atomic mass is 10.2. The molecule has 2 aliphatic heterocycles. The Morgan fingerprint density at radius 3 is 2.31 bits per heavy atom. The molecule has 2 amide bonds. The van der Waals surface area contributed by atoms with E-state index in [4.69, 9.17) is 4.74 Å². The first kappa shape index (κ1) is 22.9. The van der Waals surface area contributed by atoms with Gasteiger partial charge in [0.05, 0.1) is 0 Å². The van der Waals surface area contributed by atoms with Crippen LogP contribution in [0, 0.1) is 0 Å². The lowest BCUT2D eigenvalue weighted by Gasteiger charge is -2.37. The molecule has 0 aromatic rings. The minimum Gasteiger partial charge on any atom is -0.368 e. The molecule has 0 aromatic heterocycles. The molecular weight excluding hydrogens is 449 g/mol. The van der Waals surface area contributed by atoms with Gasteiger partial charge in [0.25, 0.3) is 5.91 Å². The highest BCUT2D eigenvalue weighted by Crippen LogP contribution is 2.16. The first-order chi connectivity index (χ1) is 11.9. The van der Waals surface area contributed by atoms with E-state index in [0.29, 0.717) is 32.8 Å². The minimum absolute atomic E-state index is 0. The monoisotopic (exact) mass is 481 g/mol. The van der Waals surface area contributed by atoms with E-state index in [-0.39, 0.29) is 54.5 Å². The van der Waals surface area contributed by atoms with Crippen LogP contribution in [0.2, 0.25) is 0 Å². The number of likely N-dealkylation sites (N-methyl/N-ethyl adjacent to an activating group) is 1. The van der Waals surface area contributed by atoms with Crippen LogP contribution in [0.5, 0.6) is 0 Å². The highest BCUT2D eigenvalue weighted by atomic mass is 127. The van der Waals surface area contributed by atoms with E-state index in [9.17, 15) is 9.59 Å². The zero-order chi connectivity index (χ0) is 18.4. The maximum atomic E-state index is 12.4. The first-order valence-electron chi connectivity index (χ1n) is 9.05. The molecule has 8 nitrogen and oxygen atoms in total. The Bertz CT molecular complexity index is 499. The Labute approximate surface area is 173 Å². The number of hydrogen-bond donors (Lipinski definition) is 1. The normalized spacial score (nSPS) is 20.8. The largest absolute Gasteiger partial charge is 0.368 e. The molecule has 0 bridgehead atoms. The molecule has 1 atom stereocenters. The Kier molecular flexibility index (Phi) is 9.62. The van der Waals surface area contributed by atoms with Crippen LogP contribution < -0.4 is 5.32 Å². The number of carbonyl (C=O) groups is 2. The zero-order valence-corrected chi connectivity index (χ0v) is 18.6. The molecular formula is C17H32IN5O3. The first-order valence-corrected chi connectivity index (χ1v) is 9.05. The van der Waals surface area contributed by atoms with Gasteiger partial charge in [-0.25, -0.2) is 4.99 Å². The number of carbonyl (C=O) groups excluding carboxylic acids is 2. The summed E-state index contributed by atoms with van der Waals surface area (Å²) in [5.74, 6) is 0.805. The maximum absolute atomic E-state index is 12.4. The third-order valence-electron chi connectivity index (χ3n) is 4.38. The van der Waals surface area contributed by atoms with Gasteiger partial charge in [0, 0.05) is 52.9 Å². The van der Waals surface area contributed by atoms with E-state index in [0.717, 1.165) is 18.8 Å². The van der Waals surface area contributed by atoms with Gasteiger partial charge in [0.2, 0.25) is 5.91 Å². The van der Waals surface area contributed by atoms with Crippen molar-refractivity contribution in [2.24, 2.45) is 4.99 Å². The van der Waals surface area contributed by atoms with E-state index >= 15 is 0 Å². The van der Waals surface area contributed by atoms with Crippen LogP contribution in [0.25, 0.3) is 0 Å². The fraction of sp³-hybridized carbons (Fsp3) is 0.824. The molecule has 0 saturated carbocycles. The number of hydrogen-bond acceptors (Lipinski definition) is 4. The lowest BCUT2D eigenvalue weighted by Crippen LogP contribution is -2.56. The molecule has 2 heterocycles. The second kappa shape index (κ2) is 10.9. The summed E-state index contributed by atoms with van der Waals surface area (Å²) in [5, 5.41) is 3.32. The van der Waals surface area contributed by atoms with Gasteiger partial charge < -0.3 is 24.8 Å². The van der Waals surface area contributed by atoms with E-state index in [2.05, 4.69) is 15.2 Å². The summed E-state index contributed by atoms with van der Waals surface area (Å²) in [6.07, 6.45) is 1.53. The minimum atomic E-state index is -0.258. The SMILES string of the molecule is CC(C)NC(=NCC(=O)N(C)C)N1CCN(C(=O)C2CCCO2)CC1.I. The third-order valence-corrected chi connectivity index (χ3v) is 4.38. The van der Waals surface area contributed by atoms with Gasteiger partial charge in [-0.05, 0) is 26.7 Å². The van der Waals surface area contributed by atoms with Crippen LogP contribution in [-0.4, -0.2) is 98.0 Å². The number of rotatable bonds is 4. The van der Waals surface area contributed by atoms with Crippen molar-refractivity contribution in [2.75, 3.05) is 53.4 Å². The molecule has 0 radical (unpaired) electrons. The number of ether oxygens (including phenoxy) is 1. The summed E-state index contributed by atoms with van der Waals surface area (Å²) in [6.45, 7) is 7.60. The molecule has 1 unspecified atom stereocenters. The van der Waals surface area contributed by atoms with E-state index < -0.39 is 0 Å². The van der Waals surface area contributed by atoms with Crippen molar-refractivity contribution in [1.29, 1.82) is 0 Å². The van der Waals surface area contributed by atoms with Crippen molar-refractivity contribution < 1.29 is 14.3 Å². The Morgan fingerprint density at radius 2 is 1.81 bits per heavy atom. The molecule has 0 aromatic carbocycles. The second-order valence-electron chi connectivity index (χ2n) is 7.04. The molecule has 9 heteroatoms. The van der Waals surface area contributed by atoms with Gasteiger partial charge >= 0.3 is 0 Å². The van der Waals surface area contributed by atoms with Crippen LogP contribution >= 0.6 is 24.0 Å². The zero-order valence-electron chi connectivity index (χ0n) is 16.2. The van der Waals surface area contributed by atoms with Crippen LogP contribution in [0.15, 0.2) is 4.99 Å².